The van der Waals surface area contributed by atoms with Crippen LogP contribution in [0, 0.1) is 12.3 Å². The van der Waals surface area contributed by atoms with Gasteiger partial charge in [-0.3, -0.25) is 19.2 Å². The number of benzene rings is 1. The average Bonchev–Trinajstić information content (AvgIpc) is 3.57. The van der Waals surface area contributed by atoms with E-state index in [9.17, 15) is 24.3 Å². The number of amides is 3. The number of rotatable bonds is 13. The number of hydrogen-bond acceptors (Lipinski definition) is 8. The summed E-state index contributed by atoms with van der Waals surface area (Å²) in [5.41, 5.74) is 3.65. The van der Waals surface area contributed by atoms with E-state index in [0.29, 0.717) is 19.3 Å². The number of nitrogens with zero attached hydrogens (tertiary/aromatic N) is 2. The SMILES string of the molecule is Cc1ncsc1-c1ccc(C(C)NC(=O)C2CC(O)CN2C(=O)C(NC(=O)CCCCCCC(=O)OC(C)(C)C)C(C)(C)C)cc1. The maximum absolute atomic E-state index is 13.9. The van der Waals surface area contributed by atoms with Crippen LogP contribution in [0.4, 0.5) is 0 Å². The molecule has 4 unspecified atom stereocenters. The Bertz CT molecular complexity index is 1340. The van der Waals surface area contributed by atoms with Crippen LogP contribution in [0.15, 0.2) is 29.8 Å². The molecule has 3 rings (SSSR count). The van der Waals surface area contributed by atoms with Crippen LogP contribution in [-0.4, -0.2) is 69.0 Å². The summed E-state index contributed by atoms with van der Waals surface area (Å²) in [6, 6.07) is 5.92. The summed E-state index contributed by atoms with van der Waals surface area (Å²) in [5.74, 6) is -1.19. The van der Waals surface area contributed by atoms with E-state index in [0.717, 1.165) is 34.5 Å². The van der Waals surface area contributed by atoms with Crippen LogP contribution >= 0.6 is 11.3 Å². The van der Waals surface area contributed by atoms with Gasteiger partial charge in [-0.05, 0) is 64.0 Å². The van der Waals surface area contributed by atoms with Gasteiger partial charge >= 0.3 is 5.97 Å². The summed E-state index contributed by atoms with van der Waals surface area (Å²) in [6.07, 6.45) is 2.77. The van der Waals surface area contributed by atoms with E-state index < -0.39 is 29.2 Å². The van der Waals surface area contributed by atoms with E-state index in [4.69, 9.17) is 4.74 Å². The molecule has 2 heterocycles. The molecule has 2 aromatic rings. The number of aryl methyl sites for hydroxylation is 1. The minimum atomic E-state index is -0.868. The number of hydrogen-bond donors (Lipinski definition) is 3. The molecule has 46 heavy (non-hydrogen) atoms. The van der Waals surface area contributed by atoms with Crippen molar-refractivity contribution in [2.45, 2.75) is 130 Å². The highest BCUT2D eigenvalue weighted by atomic mass is 32.1. The Morgan fingerprint density at radius 3 is 2.20 bits per heavy atom. The van der Waals surface area contributed by atoms with Crippen molar-refractivity contribution in [2.24, 2.45) is 5.41 Å². The van der Waals surface area contributed by atoms with Crippen molar-refractivity contribution in [2.75, 3.05) is 6.54 Å². The number of thiazole rings is 1. The normalized spacial score (nSPS) is 18.2. The molecule has 0 spiro atoms. The number of β-amino-alcohol motifs (C(OH)–C–C–N with tert-alkyl or cyclic N) is 1. The fourth-order valence-electron chi connectivity index (χ4n) is 5.55. The Morgan fingerprint density at radius 2 is 1.63 bits per heavy atom. The third kappa shape index (κ3) is 10.9. The molecule has 1 aromatic carbocycles. The summed E-state index contributed by atoms with van der Waals surface area (Å²) in [7, 11) is 0. The zero-order valence-corrected chi connectivity index (χ0v) is 29.5. The lowest BCUT2D eigenvalue weighted by Crippen LogP contribution is -2.57. The predicted molar refractivity (Wildman–Crippen MR) is 180 cm³/mol. The molecular formula is C35H52N4O6S. The van der Waals surface area contributed by atoms with E-state index >= 15 is 0 Å². The molecule has 1 aliphatic heterocycles. The molecular weight excluding hydrogens is 604 g/mol. The second kappa shape index (κ2) is 16.0. The quantitative estimate of drug-likeness (QED) is 0.192. The Morgan fingerprint density at radius 1 is 1.00 bits per heavy atom. The highest BCUT2D eigenvalue weighted by Gasteiger charge is 2.44. The molecule has 0 bridgehead atoms. The van der Waals surface area contributed by atoms with Gasteiger partial charge in [0, 0.05) is 25.8 Å². The van der Waals surface area contributed by atoms with Crippen molar-refractivity contribution in [3.05, 3.63) is 41.0 Å². The number of ether oxygens (including phenoxy) is 1. The summed E-state index contributed by atoms with van der Waals surface area (Å²) >= 11 is 1.58. The highest BCUT2D eigenvalue weighted by Crippen LogP contribution is 2.29. The first-order valence-corrected chi connectivity index (χ1v) is 17.1. The molecule has 0 radical (unpaired) electrons. The minimum Gasteiger partial charge on any atom is -0.460 e. The molecule has 1 aliphatic rings. The Balaban J connectivity index is 1.55. The van der Waals surface area contributed by atoms with Gasteiger partial charge in [-0.1, -0.05) is 57.9 Å². The first kappa shape index (κ1) is 37.2. The maximum atomic E-state index is 13.9. The zero-order chi connectivity index (χ0) is 34.2. The van der Waals surface area contributed by atoms with Gasteiger partial charge in [0.1, 0.15) is 17.7 Å². The second-order valence-corrected chi connectivity index (χ2v) is 15.2. The standard InChI is InChI=1S/C35H52N4O6S/c1-22(24-15-17-25(18-16-24)30-23(2)36-21-46-30)37-32(43)27-19-26(40)20-39(27)33(44)31(34(3,4)5)38-28(41)13-11-9-10-12-14-29(42)45-35(6,7)8/h15-18,21-22,26-27,31,40H,9-14,19-20H2,1-8H3,(H,37,43)(H,38,41). The third-order valence-corrected chi connectivity index (χ3v) is 8.99. The lowest BCUT2D eigenvalue weighted by molar-refractivity contribution is -0.155. The van der Waals surface area contributed by atoms with Crippen LogP contribution < -0.4 is 10.6 Å². The van der Waals surface area contributed by atoms with E-state index in [-0.39, 0.29) is 49.1 Å². The van der Waals surface area contributed by atoms with Crippen molar-refractivity contribution in [1.29, 1.82) is 0 Å². The van der Waals surface area contributed by atoms with Crippen molar-refractivity contribution < 1.29 is 29.0 Å². The third-order valence-electron chi connectivity index (χ3n) is 8.01. The van der Waals surface area contributed by atoms with Crippen LogP contribution in [-0.2, 0) is 23.9 Å². The molecule has 4 atom stereocenters. The van der Waals surface area contributed by atoms with Crippen molar-refractivity contribution in [3.63, 3.8) is 0 Å². The lowest BCUT2D eigenvalue weighted by Gasteiger charge is -2.35. The molecule has 0 saturated carbocycles. The van der Waals surface area contributed by atoms with Gasteiger partial charge in [-0.25, -0.2) is 4.98 Å². The molecule has 11 heteroatoms. The topological polar surface area (TPSA) is 138 Å². The first-order chi connectivity index (χ1) is 21.5. The lowest BCUT2D eigenvalue weighted by atomic mass is 9.85. The number of carbonyl (C=O) groups excluding carboxylic acids is 4. The van der Waals surface area contributed by atoms with Gasteiger partial charge in [0.15, 0.2) is 0 Å². The first-order valence-electron chi connectivity index (χ1n) is 16.3. The number of aliphatic hydroxyl groups excluding tert-OH is 1. The van der Waals surface area contributed by atoms with E-state index in [1.165, 1.54) is 4.90 Å². The Kier molecular flexibility index (Phi) is 12.9. The smallest absolute Gasteiger partial charge is 0.306 e. The van der Waals surface area contributed by atoms with Gasteiger partial charge in [0.2, 0.25) is 17.7 Å². The summed E-state index contributed by atoms with van der Waals surface area (Å²) in [4.78, 5) is 59.0. The number of nitrogens with one attached hydrogen (secondary N) is 2. The molecule has 1 aromatic heterocycles. The predicted octanol–water partition coefficient (Wildman–Crippen LogP) is 5.47. The van der Waals surface area contributed by atoms with Crippen LogP contribution in [0.1, 0.15) is 111 Å². The number of aliphatic hydroxyl groups is 1. The Hall–Kier alpha value is -3.31. The summed E-state index contributed by atoms with van der Waals surface area (Å²) in [5, 5.41) is 16.4. The van der Waals surface area contributed by atoms with E-state index in [2.05, 4.69) is 15.6 Å². The van der Waals surface area contributed by atoms with Gasteiger partial charge in [0.25, 0.3) is 0 Å². The Labute approximate surface area is 277 Å². The van der Waals surface area contributed by atoms with Crippen LogP contribution in [0.3, 0.4) is 0 Å². The van der Waals surface area contributed by atoms with Gasteiger partial charge in [0.05, 0.1) is 28.2 Å². The molecule has 3 N–H and O–H groups in total. The van der Waals surface area contributed by atoms with Crippen molar-refractivity contribution in [3.8, 4) is 10.4 Å². The van der Waals surface area contributed by atoms with Gasteiger partial charge in [-0.15, -0.1) is 11.3 Å². The summed E-state index contributed by atoms with van der Waals surface area (Å²) in [6.45, 7) is 15.0. The highest BCUT2D eigenvalue weighted by molar-refractivity contribution is 7.13. The molecule has 1 saturated heterocycles. The van der Waals surface area contributed by atoms with Gasteiger partial charge in [-0.2, -0.15) is 0 Å². The fourth-order valence-corrected chi connectivity index (χ4v) is 6.36. The van der Waals surface area contributed by atoms with Gasteiger partial charge < -0.3 is 25.4 Å². The molecule has 0 aliphatic carbocycles. The fraction of sp³-hybridized carbons (Fsp3) is 0.629. The van der Waals surface area contributed by atoms with Crippen LogP contribution in [0.5, 0.6) is 0 Å². The molecule has 1 fully saturated rings. The van der Waals surface area contributed by atoms with Crippen LogP contribution in [0.2, 0.25) is 0 Å². The number of unbranched alkanes of at least 4 members (excludes halogenated alkanes) is 3. The maximum Gasteiger partial charge on any atom is 0.306 e. The minimum absolute atomic E-state index is 0.0221. The largest absolute Gasteiger partial charge is 0.460 e. The average molecular weight is 657 g/mol. The number of esters is 1. The number of aromatic nitrogens is 1. The summed E-state index contributed by atoms with van der Waals surface area (Å²) < 4.78 is 5.33. The van der Waals surface area contributed by atoms with E-state index in [1.54, 1.807) is 11.3 Å². The van der Waals surface area contributed by atoms with Crippen LogP contribution in [0.25, 0.3) is 10.4 Å². The molecule has 3 amide bonds. The molecule has 254 valence electrons. The van der Waals surface area contributed by atoms with E-state index in [1.807, 2.05) is 85.2 Å². The monoisotopic (exact) mass is 656 g/mol. The number of likely N-dealkylation sites (tertiary alicyclic amines) is 1. The number of carbonyl (C=O) groups is 4. The van der Waals surface area contributed by atoms with Crippen molar-refractivity contribution in [1.82, 2.24) is 20.5 Å². The molecule has 10 nitrogen and oxygen atoms in total. The zero-order valence-electron chi connectivity index (χ0n) is 28.6. The second-order valence-electron chi connectivity index (χ2n) is 14.4. The van der Waals surface area contributed by atoms with Crippen molar-refractivity contribution >= 4 is 35.0 Å².